The number of hydrogen-bond acceptors (Lipinski definition) is 7. The highest BCUT2D eigenvalue weighted by molar-refractivity contribution is 6.30. The molecule has 0 saturated carbocycles. The van der Waals surface area contributed by atoms with Crippen LogP contribution in [0, 0.1) is 5.82 Å². The van der Waals surface area contributed by atoms with Crippen molar-refractivity contribution >= 4 is 29.3 Å². The molecular weight excluding hydrogens is 615 g/mol. The Hall–Kier alpha value is -5.55. The molecule has 3 heterocycles. The second kappa shape index (κ2) is 11.8. The Morgan fingerprint density at radius 2 is 1.76 bits per heavy atom. The first kappa shape index (κ1) is 29.2. The molecule has 0 bridgehead atoms. The number of nitrogens with zero attached hydrogens (tertiary/aromatic N) is 4. The van der Waals surface area contributed by atoms with Gasteiger partial charge in [0.1, 0.15) is 11.7 Å². The molecule has 46 heavy (non-hydrogen) atoms. The Kier molecular flexibility index (Phi) is 7.45. The van der Waals surface area contributed by atoms with Crippen molar-refractivity contribution in [3.63, 3.8) is 0 Å². The van der Waals surface area contributed by atoms with E-state index in [9.17, 15) is 23.9 Å². The first-order chi connectivity index (χ1) is 22.3. The largest absolute Gasteiger partial charge is 0.478 e. The topological polar surface area (TPSA) is 124 Å². The quantitative estimate of drug-likeness (QED) is 0.241. The summed E-state index contributed by atoms with van der Waals surface area (Å²) in [6.45, 7) is 0.335. The van der Waals surface area contributed by atoms with Crippen LogP contribution in [-0.2, 0) is 17.6 Å². The van der Waals surface area contributed by atoms with Gasteiger partial charge in [-0.25, -0.2) is 13.9 Å². The molecule has 2 aliphatic heterocycles. The van der Waals surface area contributed by atoms with Crippen LogP contribution in [0.2, 0.25) is 5.02 Å². The van der Waals surface area contributed by atoms with Crippen LogP contribution in [0.15, 0.2) is 85.1 Å². The van der Waals surface area contributed by atoms with Crippen molar-refractivity contribution in [1.29, 1.82) is 0 Å². The van der Waals surface area contributed by atoms with Crippen molar-refractivity contribution in [3.8, 4) is 28.3 Å². The number of Topliss-reactive ketones (excluding diaryl/α,β-unsaturated/α-hetero) is 1. The molecule has 0 fully saturated rings. The normalized spacial score (nSPS) is 15.0. The van der Waals surface area contributed by atoms with Crippen molar-refractivity contribution in [2.45, 2.75) is 18.9 Å². The zero-order valence-corrected chi connectivity index (χ0v) is 24.8. The molecule has 1 unspecified atom stereocenters. The van der Waals surface area contributed by atoms with Crippen LogP contribution < -0.4 is 9.47 Å². The third kappa shape index (κ3) is 5.24. The van der Waals surface area contributed by atoms with E-state index < -0.39 is 23.7 Å². The van der Waals surface area contributed by atoms with E-state index in [-0.39, 0.29) is 47.5 Å². The number of amides is 1. The van der Waals surface area contributed by atoms with Gasteiger partial charge in [0.15, 0.2) is 28.8 Å². The van der Waals surface area contributed by atoms with E-state index in [1.54, 1.807) is 18.2 Å². The van der Waals surface area contributed by atoms with Gasteiger partial charge < -0.3 is 19.5 Å². The third-order valence-electron chi connectivity index (χ3n) is 8.14. The molecule has 1 N–H and O–H groups in total. The van der Waals surface area contributed by atoms with Crippen molar-refractivity contribution in [2.75, 3.05) is 13.3 Å². The van der Waals surface area contributed by atoms with Gasteiger partial charge in [0.2, 0.25) is 6.79 Å². The first-order valence-electron chi connectivity index (χ1n) is 14.3. The molecule has 2 aliphatic rings. The fourth-order valence-electron chi connectivity index (χ4n) is 5.93. The van der Waals surface area contributed by atoms with Gasteiger partial charge in [-0.3, -0.25) is 9.59 Å². The molecule has 0 aliphatic carbocycles. The Morgan fingerprint density at radius 3 is 2.57 bits per heavy atom. The number of aromatic nitrogens is 3. The minimum atomic E-state index is -1.07. The SMILES string of the molecule is O=C(O)c1ccc(CC(=O)C2c3cccc(-c4ccc5c(c4)OCO5)c3CCN2C(=O)c2cn(-c3cccc(Cl)c3F)nn2)cc1. The maximum absolute atomic E-state index is 14.7. The van der Waals surface area contributed by atoms with Crippen LogP contribution in [0.25, 0.3) is 16.8 Å². The summed E-state index contributed by atoms with van der Waals surface area (Å²) >= 11 is 5.94. The van der Waals surface area contributed by atoms with E-state index in [0.717, 1.165) is 21.4 Å². The molecule has 0 saturated heterocycles. The highest BCUT2D eigenvalue weighted by Gasteiger charge is 2.38. The average Bonchev–Trinajstić information content (AvgIpc) is 3.75. The number of fused-ring (bicyclic) bond motifs is 2. The van der Waals surface area contributed by atoms with Crippen molar-refractivity contribution in [2.24, 2.45) is 0 Å². The summed E-state index contributed by atoms with van der Waals surface area (Å²) in [5, 5.41) is 17.2. The number of ketones is 1. The standard InChI is InChI=1S/C34H24ClFN4O6/c35-25-5-2-6-27(31(25)36)40-17-26(37-38-40)33(42)39-14-13-23-22(21-11-12-29-30(16-21)46-18-45-29)3-1-4-24(23)32(39)28(41)15-19-7-9-20(10-8-19)34(43)44/h1-12,16-17,32H,13-15,18H2,(H,43,44). The van der Waals surface area contributed by atoms with Crippen LogP contribution in [0.3, 0.4) is 0 Å². The zero-order chi connectivity index (χ0) is 31.9. The number of carbonyl (C=O) groups is 3. The summed E-state index contributed by atoms with van der Waals surface area (Å²) in [6.07, 6.45) is 1.70. The van der Waals surface area contributed by atoms with Gasteiger partial charge >= 0.3 is 5.97 Å². The summed E-state index contributed by atoms with van der Waals surface area (Å²) in [4.78, 5) is 41.0. The van der Waals surface area contributed by atoms with Crippen LogP contribution in [0.4, 0.5) is 4.39 Å². The van der Waals surface area contributed by atoms with E-state index in [2.05, 4.69) is 10.3 Å². The van der Waals surface area contributed by atoms with Gasteiger partial charge in [-0.05, 0) is 70.6 Å². The monoisotopic (exact) mass is 638 g/mol. The number of carboxylic acid groups (broad SMARTS) is 1. The van der Waals surface area contributed by atoms with Crippen LogP contribution in [0.5, 0.6) is 11.5 Å². The molecule has 10 nitrogen and oxygen atoms in total. The number of halogens is 2. The molecule has 1 amide bonds. The zero-order valence-electron chi connectivity index (χ0n) is 24.0. The van der Waals surface area contributed by atoms with Gasteiger partial charge in [0.25, 0.3) is 5.91 Å². The summed E-state index contributed by atoms with van der Waals surface area (Å²) in [5.74, 6) is -1.33. The molecule has 0 spiro atoms. The minimum absolute atomic E-state index is 0.0221. The minimum Gasteiger partial charge on any atom is -0.478 e. The first-order valence-corrected chi connectivity index (χ1v) is 14.7. The van der Waals surface area contributed by atoms with E-state index in [1.165, 1.54) is 35.4 Å². The number of aromatic carboxylic acids is 1. The van der Waals surface area contributed by atoms with E-state index in [4.69, 9.17) is 21.1 Å². The van der Waals surface area contributed by atoms with E-state index in [1.807, 2.05) is 36.4 Å². The van der Waals surface area contributed by atoms with E-state index >= 15 is 0 Å². The Labute approximate surface area is 266 Å². The molecular formula is C34H24ClFN4O6. The van der Waals surface area contributed by atoms with Gasteiger partial charge in [-0.1, -0.05) is 59.3 Å². The molecule has 1 aromatic heterocycles. The van der Waals surface area contributed by atoms with Crippen molar-refractivity contribution in [1.82, 2.24) is 19.9 Å². The highest BCUT2D eigenvalue weighted by Crippen LogP contribution is 2.41. The number of carbonyl (C=O) groups excluding carboxylic acids is 2. The Bertz CT molecular complexity index is 2030. The number of ether oxygens (including phenoxy) is 2. The van der Waals surface area contributed by atoms with E-state index in [0.29, 0.717) is 29.0 Å². The van der Waals surface area contributed by atoms with Crippen LogP contribution in [0.1, 0.15) is 43.6 Å². The molecule has 7 rings (SSSR count). The molecule has 0 radical (unpaired) electrons. The highest BCUT2D eigenvalue weighted by atomic mass is 35.5. The average molecular weight is 639 g/mol. The molecule has 12 heteroatoms. The molecule has 4 aromatic carbocycles. The molecule has 5 aromatic rings. The fourth-order valence-corrected chi connectivity index (χ4v) is 6.10. The number of carboxylic acids is 1. The predicted octanol–water partition coefficient (Wildman–Crippen LogP) is 5.71. The van der Waals surface area contributed by atoms with Gasteiger partial charge in [0.05, 0.1) is 16.8 Å². The lowest BCUT2D eigenvalue weighted by molar-refractivity contribution is -0.123. The van der Waals surface area contributed by atoms with Crippen molar-refractivity contribution < 1.29 is 33.4 Å². The molecule has 1 atom stereocenters. The smallest absolute Gasteiger partial charge is 0.335 e. The summed E-state index contributed by atoms with van der Waals surface area (Å²) in [5.41, 5.74) is 4.00. The lowest BCUT2D eigenvalue weighted by Crippen LogP contribution is -2.44. The number of hydrogen-bond donors (Lipinski definition) is 1. The van der Waals surface area contributed by atoms with Gasteiger partial charge in [0, 0.05) is 13.0 Å². The van der Waals surface area contributed by atoms with Crippen LogP contribution >= 0.6 is 11.6 Å². The maximum atomic E-state index is 14.7. The summed E-state index contributed by atoms with van der Waals surface area (Å²) < 4.78 is 26.9. The van der Waals surface area contributed by atoms with Gasteiger partial charge in [-0.2, -0.15) is 0 Å². The molecule has 230 valence electrons. The number of rotatable bonds is 7. The second-order valence-electron chi connectivity index (χ2n) is 10.9. The predicted molar refractivity (Wildman–Crippen MR) is 164 cm³/mol. The second-order valence-corrected chi connectivity index (χ2v) is 11.3. The van der Waals surface area contributed by atoms with Crippen molar-refractivity contribution in [3.05, 3.63) is 124 Å². The summed E-state index contributed by atoms with van der Waals surface area (Å²) in [7, 11) is 0. The fraction of sp³-hybridized carbons (Fsp3) is 0.147. The Balaban J connectivity index is 1.26. The van der Waals surface area contributed by atoms with Crippen LogP contribution in [-0.4, -0.2) is 56.0 Å². The van der Waals surface area contributed by atoms with Gasteiger partial charge in [-0.15, -0.1) is 5.10 Å². The summed E-state index contributed by atoms with van der Waals surface area (Å²) in [6, 6.07) is 20.8. The lowest BCUT2D eigenvalue weighted by Gasteiger charge is -2.37. The Morgan fingerprint density at radius 1 is 0.978 bits per heavy atom. The number of benzene rings is 4. The third-order valence-corrected chi connectivity index (χ3v) is 8.43. The maximum Gasteiger partial charge on any atom is 0.335 e. The lowest BCUT2D eigenvalue weighted by atomic mass is 9.83.